The molecule has 19 heavy (non-hydrogen) atoms. The third-order valence-electron chi connectivity index (χ3n) is 3.51. The first-order valence-electron chi connectivity index (χ1n) is 6.56. The van der Waals surface area contributed by atoms with Crippen LogP contribution in [0.2, 0.25) is 0 Å². The Kier molecular flexibility index (Phi) is 3.80. The van der Waals surface area contributed by atoms with E-state index < -0.39 is 5.97 Å². The lowest BCUT2D eigenvalue weighted by atomic mass is 9.97. The first-order chi connectivity index (χ1) is 8.88. The van der Waals surface area contributed by atoms with Crippen LogP contribution in [0.1, 0.15) is 32.3 Å². The van der Waals surface area contributed by atoms with E-state index >= 15 is 0 Å². The number of ether oxygens (including phenoxy) is 1. The van der Waals surface area contributed by atoms with Crippen LogP contribution in [-0.4, -0.2) is 41.2 Å². The number of carbonyl (C=O) groups is 1. The minimum Gasteiger partial charge on any atom is -0.493 e. The number of carboxylic acids is 1. The zero-order valence-corrected chi connectivity index (χ0v) is 11.7. The van der Waals surface area contributed by atoms with Crippen LogP contribution in [0.4, 0.5) is 0 Å². The van der Waals surface area contributed by atoms with E-state index in [-0.39, 0.29) is 18.0 Å². The van der Waals surface area contributed by atoms with Gasteiger partial charge >= 0.3 is 5.97 Å². The van der Waals surface area contributed by atoms with Gasteiger partial charge in [0.15, 0.2) is 0 Å². The molecule has 1 aliphatic rings. The highest BCUT2D eigenvalue weighted by atomic mass is 16.5. The van der Waals surface area contributed by atoms with Crippen LogP contribution >= 0.6 is 0 Å². The molecular formula is C15H21NO3. The molecular weight excluding hydrogens is 242 g/mol. The summed E-state index contributed by atoms with van der Waals surface area (Å²) >= 11 is 0. The number of hydrogen-bond acceptors (Lipinski definition) is 3. The van der Waals surface area contributed by atoms with E-state index in [1.165, 1.54) is 5.56 Å². The van der Waals surface area contributed by atoms with E-state index in [1.807, 2.05) is 43.9 Å². The lowest BCUT2D eigenvalue weighted by Gasteiger charge is -2.35. The average molecular weight is 263 g/mol. The van der Waals surface area contributed by atoms with Crippen LogP contribution in [0, 0.1) is 0 Å². The maximum absolute atomic E-state index is 11.0. The highest BCUT2D eigenvalue weighted by molar-refractivity contribution is 5.69. The summed E-state index contributed by atoms with van der Waals surface area (Å²) < 4.78 is 5.66. The molecule has 0 radical (unpaired) electrons. The normalized spacial score (nSPS) is 18.2. The third-order valence-corrected chi connectivity index (χ3v) is 3.51. The van der Waals surface area contributed by atoms with E-state index in [4.69, 9.17) is 9.84 Å². The highest BCUT2D eigenvalue weighted by Gasteiger charge is 2.31. The molecule has 0 aliphatic carbocycles. The fraction of sp³-hybridized carbons (Fsp3) is 0.533. The van der Waals surface area contributed by atoms with Crippen LogP contribution in [0.15, 0.2) is 24.3 Å². The molecule has 0 bridgehead atoms. The highest BCUT2D eigenvalue weighted by Crippen LogP contribution is 2.34. The summed E-state index contributed by atoms with van der Waals surface area (Å²) in [5.74, 6) is 0.383. The summed E-state index contributed by atoms with van der Waals surface area (Å²) in [6, 6.07) is 7.99. The first kappa shape index (κ1) is 13.9. The summed E-state index contributed by atoms with van der Waals surface area (Å²) in [7, 11) is 0. The summed E-state index contributed by atoms with van der Waals surface area (Å²) in [5, 5.41) is 9.04. The topological polar surface area (TPSA) is 49.8 Å². The maximum atomic E-state index is 11.0. The maximum Gasteiger partial charge on any atom is 0.317 e. The molecule has 1 aliphatic heterocycles. The van der Waals surface area contributed by atoms with Crippen molar-refractivity contribution in [1.29, 1.82) is 0 Å². The number of carboxylic acid groups (broad SMARTS) is 1. The molecule has 0 fully saturated rings. The third kappa shape index (κ3) is 3.26. The number of hydrogen-bond donors (Lipinski definition) is 1. The van der Waals surface area contributed by atoms with Crippen molar-refractivity contribution in [2.45, 2.75) is 32.2 Å². The van der Waals surface area contributed by atoms with E-state index in [0.717, 1.165) is 5.75 Å². The zero-order valence-electron chi connectivity index (χ0n) is 11.7. The monoisotopic (exact) mass is 263 g/mol. The second-order valence-electron chi connectivity index (χ2n) is 5.99. The Morgan fingerprint density at radius 1 is 1.42 bits per heavy atom. The molecule has 1 atom stereocenters. The number of nitrogens with zero attached hydrogens (tertiary/aromatic N) is 1. The fourth-order valence-electron chi connectivity index (χ4n) is 2.39. The van der Waals surface area contributed by atoms with E-state index in [2.05, 4.69) is 6.07 Å². The molecule has 4 nitrogen and oxygen atoms in total. The Labute approximate surface area is 114 Å². The van der Waals surface area contributed by atoms with Crippen LogP contribution in [-0.2, 0) is 4.79 Å². The van der Waals surface area contributed by atoms with Gasteiger partial charge in [-0.2, -0.15) is 0 Å². The molecule has 1 unspecified atom stereocenters. The fourth-order valence-corrected chi connectivity index (χ4v) is 2.39. The largest absolute Gasteiger partial charge is 0.493 e. The molecule has 1 N–H and O–H groups in total. The number of aliphatic carboxylic acids is 1. The molecule has 0 spiro atoms. The minimum atomic E-state index is -0.790. The summed E-state index contributed by atoms with van der Waals surface area (Å²) in [6.07, 6.45) is 0. The van der Waals surface area contributed by atoms with Crippen molar-refractivity contribution in [3.05, 3.63) is 29.8 Å². The van der Waals surface area contributed by atoms with Crippen LogP contribution in [0.3, 0.4) is 0 Å². The van der Waals surface area contributed by atoms with Gasteiger partial charge in [-0.1, -0.05) is 18.2 Å². The van der Waals surface area contributed by atoms with Crippen molar-refractivity contribution < 1.29 is 14.6 Å². The van der Waals surface area contributed by atoms with Crippen molar-refractivity contribution in [3.63, 3.8) is 0 Å². The second kappa shape index (κ2) is 5.21. The number of benzene rings is 1. The Bertz CT molecular complexity index is 465. The summed E-state index contributed by atoms with van der Waals surface area (Å²) in [6.45, 7) is 7.51. The molecule has 0 saturated carbocycles. The predicted molar refractivity (Wildman–Crippen MR) is 73.6 cm³/mol. The lowest BCUT2D eigenvalue weighted by Crippen LogP contribution is -2.46. The SMILES string of the molecule is CC(C)(C)N(CC(=O)O)CC1COc2ccccc21. The van der Waals surface area contributed by atoms with Crippen molar-refractivity contribution in [1.82, 2.24) is 4.90 Å². The Morgan fingerprint density at radius 3 is 2.74 bits per heavy atom. The standard InChI is InChI=1S/C15H21NO3/c1-15(2,3)16(9-14(17)18)8-11-10-19-13-7-5-4-6-12(11)13/h4-7,11H,8-10H2,1-3H3,(H,17,18). The molecule has 0 aromatic heterocycles. The van der Waals surface area contributed by atoms with Crippen molar-refractivity contribution in [3.8, 4) is 5.75 Å². The molecule has 1 heterocycles. The first-order valence-corrected chi connectivity index (χ1v) is 6.56. The molecule has 4 heteroatoms. The van der Waals surface area contributed by atoms with Gasteiger partial charge in [-0.15, -0.1) is 0 Å². The van der Waals surface area contributed by atoms with Gasteiger partial charge in [0.2, 0.25) is 0 Å². The van der Waals surface area contributed by atoms with Gasteiger partial charge in [0.1, 0.15) is 5.75 Å². The van der Waals surface area contributed by atoms with Gasteiger partial charge in [-0.25, -0.2) is 0 Å². The lowest BCUT2D eigenvalue weighted by molar-refractivity contribution is -0.139. The summed E-state index contributed by atoms with van der Waals surface area (Å²) in [5.41, 5.74) is 1.01. The Balaban J connectivity index is 2.13. The molecule has 1 aromatic rings. The number of rotatable bonds is 4. The van der Waals surface area contributed by atoms with Crippen molar-refractivity contribution in [2.24, 2.45) is 0 Å². The van der Waals surface area contributed by atoms with Crippen molar-refractivity contribution in [2.75, 3.05) is 19.7 Å². The van der Waals surface area contributed by atoms with Crippen LogP contribution in [0.25, 0.3) is 0 Å². The van der Waals surface area contributed by atoms with Crippen molar-refractivity contribution >= 4 is 5.97 Å². The zero-order chi connectivity index (χ0) is 14.0. The Hall–Kier alpha value is -1.55. The van der Waals surface area contributed by atoms with Gasteiger partial charge in [0.25, 0.3) is 0 Å². The van der Waals surface area contributed by atoms with Crippen LogP contribution in [0.5, 0.6) is 5.75 Å². The summed E-state index contributed by atoms with van der Waals surface area (Å²) in [4.78, 5) is 13.0. The number of para-hydroxylation sites is 1. The van der Waals surface area contributed by atoms with Gasteiger partial charge in [-0.3, -0.25) is 9.69 Å². The molecule has 2 rings (SSSR count). The quantitative estimate of drug-likeness (QED) is 0.906. The van der Waals surface area contributed by atoms with Gasteiger partial charge in [-0.05, 0) is 26.8 Å². The predicted octanol–water partition coefficient (Wildman–Crippen LogP) is 2.35. The molecule has 1 aromatic carbocycles. The van der Waals surface area contributed by atoms with Gasteiger partial charge in [0.05, 0.1) is 13.2 Å². The van der Waals surface area contributed by atoms with E-state index in [0.29, 0.717) is 13.2 Å². The van der Waals surface area contributed by atoms with E-state index in [1.54, 1.807) is 0 Å². The smallest absolute Gasteiger partial charge is 0.317 e. The van der Waals surface area contributed by atoms with Gasteiger partial charge in [0, 0.05) is 23.6 Å². The molecule has 0 amide bonds. The van der Waals surface area contributed by atoms with Gasteiger partial charge < -0.3 is 9.84 Å². The second-order valence-corrected chi connectivity index (χ2v) is 5.99. The minimum absolute atomic E-state index is 0.0577. The Morgan fingerprint density at radius 2 is 2.11 bits per heavy atom. The van der Waals surface area contributed by atoms with E-state index in [9.17, 15) is 4.79 Å². The average Bonchev–Trinajstić information content (AvgIpc) is 2.70. The molecule has 104 valence electrons. The molecule has 0 saturated heterocycles. The number of fused-ring (bicyclic) bond motifs is 1. The van der Waals surface area contributed by atoms with Crippen LogP contribution < -0.4 is 4.74 Å².